The Labute approximate surface area is 112 Å². The van der Waals surface area contributed by atoms with Crippen LogP contribution in [0.1, 0.15) is 24.3 Å². The summed E-state index contributed by atoms with van der Waals surface area (Å²) in [6.45, 7) is 4.07. The normalized spacial score (nSPS) is 19.9. The van der Waals surface area contributed by atoms with Crippen molar-refractivity contribution in [1.82, 2.24) is 20.3 Å². The first-order valence-corrected chi connectivity index (χ1v) is 6.98. The minimum atomic E-state index is 0.670. The van der Waals surface area contributed by atoms with Crippen LogP contribution >= 0.6 is 0 Å². The fraction of sp³-hybridized carbons (Fsp3) is 0.500. The van der Waals surface area contributed by atoms with Crippen molar-refractivity contribution in [3.05, 3.63) is 24.3 Å². The second-order valence-corrected chi connectivity index (χ2v) is 5.33. The molecule has 5 heteroatoms. The van der Waals surface area contributed by atoms with E-state index in [0.717, 1.165) is 37.5 Å². The molecular formula is C14H17N5. The van der Waals surface area contributed by atoms with E-state index in [9.17, 15) is 0 Å². The van der Waals surface area contributed by atoms with E-state index in [4.69, 9.17) is 0 Å². The number of rotatable bonds is 2. The summed E-state index contributed by atoms with van der Waals surface area (Å²) in [5, 5.41) is 4.61. The maximum Gasteiger partial charge on any atom is 0.140 e. The summed E-state index contributed by atoms with van der Waals surface area (Å²) >= 11 is 0. The van der Waals surface area contributed by atoms with Crippen LogP contribution in [0.15, 0.2) is 18.7 Å². The molecule has 0 spiro atoms. The van der Waals surface area contributed by atoms with Gasteiger partial charge in [-0.1, -0.05) is 0 Å². The molecule has 4 rings (SSSR count). The maximum absolute atomic E-state index is 4.56. The Hall–Kier alpha value is -1.75. The molecule has 2 aliphatic rings. The molecule has 1 aliphatic carbocycles. The molecule has 1 saturated heterocycles. The average molecular weight is 255 g/mol. The molecular weight excluding hydrogens is 238 g/mol. The summed E-state index contributed by atoms with van der Waals surface area (Å²) in [5.74, 6) is 1.76. The number of hydrogen-bond acceptors (Lipinski definition) is 5. The van der Waals surface area contributed by atoms with Crippen molar-refractivity contribution in [3.63, 3.8) is 0 Å². The number of aromatic nitrogens is 3. The molecule has 3 heterocycles. The molecule has 5 nitrogen and oxygen atoms in total. The number of nitrogens with zero attached hydrogens (tertiary/aromatic N) is 4. The van der Waals surface area contributed by atoms with E-state index >= 15 is 0 Å². The van der Waals surface area contributed by atoms with Crippen molar-refractivity contribution >= 4 is 16.7 Å². The molecule has 2 fully saturated rings. The molecule has 0 radical (unpaired) electrons. The fourth-order valence-electron chi connectivity index (χ4n) is 2.84. The fourth-order valence-corrected chi connectivity index (χ4v) is 2.84. The molecule has 2 aromatic rings. The van der Waals surface area contributed by atoms with E-state index in [0.29, 0.717) is 5.92 Å². The van der Waals surface area contributed by atoms with Crippen LogP contribution in [0.4, 0.5) is 5.82 Å². The topological polar surface area (TPSA) is 53.9 Å². The van der Waals surface area contributed by atoms with Gasteiger partial charge in [-0.15, -0.1) is 0 Å². The Morgan fingerprint density at radius 3 is 2.74 bits per heavy atom. The Bertz CT molecular complexity index is 597. The van der Waals surface area contributed by atoms with E-state index in [-0.39, 0.29) is 0 Å². The van der Waals surface area contributed by atoms with Gasteiger partial charge in [-0.3, -0.25) is 4.98 Å². The number of anilines is 1. The SMILES string of the molecule is c1nc(N2CCNCC2)c2c(C3CC3)cncc2n1. The van der Waals surface area contributed by atoms with Crippen LogP contribution in [0.2, 0.25) is 0 Å². The zero-order valence-corrected chi connectivity index (χ0v) is 10.8. The Balaban J connectivity index is 1.88. The van der Waals surface area contributed by atoms with E-state index in [2.05, 4.69) is 25.2 Å². The molecule has 0 unspecified atom stereocenters. The van der Waals surface area contributed by atoms with Gasteiger partial charge >= 0.3 is 0 Å². The van der Waals surface area contributed by atoms with Crippen LogP contribution in [-0.2, 0) is 0 Å². The van der Waals surface area contributed by atoms with Crippen molar-refractivity contribution < 1.29 is 0 Å². The molecule has 1 N–H and O–H groups in total. The third-order valence-electron chi connectivity index (χ3n) is 3.99. The molecule has 0 atom stereocenters. The Morgan fingerprint density at radius 1 is 1.11 bits per heavy atom. The lowest BCUT2D eigenvalue weighted by Crippen LogP contribution is -2.44. The van der Waals surface area contributed by atoms with Crippen molar-refractivity contribution in [1.29, 1.82) is 0 Å². The van der Waals surface area contributed by atoms with Crippen molar-refractivity contribution in [2.24, 2.45) is 0 Å². The third kappa shape index (κ3) is 1.94. The van der Waals surface area contributed by atoms with Gasteiger partial charge in [0.25, 0.3) is 0 Å². The van der Waals surface area contributed by atoms with Crippen LogP contribution in [0.3, 0.4) is 0 Å². The van der Waals surface area contributed by atoms with Crippen LogP contribution in [0.25, 0.3) is 10.9 Å². The van der Waals surface area contributed by atoms with Gasteiger partial charge in [0.2, 0.25) is 0 Å². The molecule has 0 bridgehead atoms. The highest BCUT2D eigenvalue weighted by Crippen LogP contribution is 2.44. The quantitative estimate of drug-likeness (QED) is 0.877. The number of pyridine rings is 1. The predicted molar refractivity (Wildman–Crippen MR) is 74.4 cm³/mol. The van der Waals surface area contributed by atoms with Crippen molar-refractivity contribution in [2.75, 3.05) is 31.1 Å². The third-order valence-corrected chi connectivity index (χ3v) is 3.99. The first-order chi connectivity index (χ1) is 9.43. The number of nitrogens with one attached hydrogen (secondary N) is 1. The monoisotopic (exact) mass is 255 g/mol. The van der Waals surface area contributed by atoms with Gasteiger partial charge in [-0.05, 0) is 24.3 Å². The first-order valence-electron chi connectivity index (χ1n) is 6.98. The zero-order valence-electron chi connectivity index (χ0n) is 10.8. The molecule has 2 aromatic heterocycles. The molecule has 0 aromatic carbocycles. The molecule has 0 amide bonds. The van der Waals surface area contributed by atoms with Gasteiger partial charge in [0.15, 0.2) is 0 Å². The van der Waals surface area contributed by atoms with E-state index in [1.165, 1.54) is 23.8 Å². The summed E-state index contributed by atoms with van der Waals surface area (Å²) in [6.07, 6.45) is 8.08. The van der Waals surface area contributed by atoms with Gasteiger partial charge in [0.1, 0.15) is 12.1 Å². The second-order valence-electron chi connectivity index (χ2n) is 5.33. The van der Waals surface area contributed by atoms with Crippen molar-refractivity contribution in [2.45, 2.75) is 18.8 Å². The van der Waals surface area contributed by atoms with E-state index < -0.39 is 0 Å². The Kier molecular flexibility index (Phi) is 2.58. The van der Waals surface area contributed by atoms with Crippen molar-refractivity contribution in [3.8, 4) is 0 Å². The lowest BCUT2D eigenvalue weighted by molar-refractivity contribution is 0.586. The highest BCUT2D eigenvalue weighted by Gasteiger charge is 2.28. The van der Waals surface area contributed by atoms with Gasteiger partial charge in [-0.25, -0.2) is 9.97 Å². The summed E-state index contributed by atoms with van der Waals surface area (Å²) < 4.78 is 0. The largest absolute Gasteiger partial charge is 0.353 e. The summed E-state index contributed by atoms with van der Waals surface area (Å²) in [5.41, 5.74) is 2.32. The molecule has 98 valence electrons. The highest BCUT2D eigenvalue weighted by molar-refractivity contribution is 5.92. The van der Waals surface area contributed by atoms with Crippen LogP contribution in [0.5, 0.6) is 0 Å². The number of hydrogen-bond donors (Lipinski definition) is 1. The number of fused-ring (bicyclic) bond motifs is 1. The molecule has 1 saturated carbocycles. The number of piperazine rings is 1. The van der Waals surface area contributed by atoms with Crippen LogP contribution in [0, 0.1) is 0 Å². The summed E-state index contributed by atoms with van der Waals surface area (Å²) in [4.78, 5) is 15.7. The summed E-state index contributed by atoms with van der Waals surface area (Å²) in [6, 6.07) is 0. The zero-order chi connectivity index (χ0) is 12.7. The van der Waals surface area contributed by atoms with Gasteiger partial charge < -0.3 is 10.2 Å². The second kappa shape index (κ2) is 4.42. The van der Waals surface area contributed by atoms with Crippen LogP contribution < -0.4 is 10.2 Å². The lowest BCUT2D eigenvalue weighted by Gasteiger charge is -2.29. The minimum Gasteiger partial charge on any atom is -0.353 e. The maximum atomic E-state index is 4.56. The lowest BCUT2D eigenvalue weighted by atomic mass is 10.1. The van der Waals surface area contributed by atoms with Crippen LogP contribution in [-0.4, -0.2) is 41.1 Å². The van der Waals surface area contributed by atoms with E-state index in [1.54, 1.807) is 6.33 Å². The predicted octanol–water partition coefficient (Wildman–Crippen LogP) is 1.31. The van der Waals surface area contributed by atoms with Gasteiger partial charge in [-0.2, -0.15) is 0 Å². The summed E-state index contributed by atoms with van der Waals surface area (Å²) in [7, 11) is 0. The highest BCUT2D eigenvalue weighted by atomic mass is 15.2. The smallest absolute Gasteiger partial charge is 0.140 e. The molecule has 19 heavy (non-hydrogen) atoms. The van der Waals surface area contributed by atoms with Gasteiger partial charge in [0.05, 0.1) is 11.7 Å². The Morgan fingerprint density at radius 2 is 1.95 bits per heavy atom. The average Bonchev–Trinajstić information content (AvgIpc) is 3.31. The molecule has 1 aliphatic heterocycles. The van der Waals surface area contributed by atoms with E-state index in [1.807, 2.05) is 12.4 Å². The standard InChI is InChI=1S/C14H17N5/c1-2-10(1)11-7-16-8-12-13(11)14(18-9-17-12)19-5-3-15-4-6-19/h7-10,15H,1-6H2. The minimum absolute atomic E-state index is 0.670. The van der Waals surface area contributed by atoms with Gasteiger partial charge in [0, 0.05) is 37.8 Å². The first kappa shape index (κ1) is 11.1.